The Morgan fingerprint density at radius 1 is 1.21 bits per heavy atom. The van der Waals surface area contributed by atoms with E-state index in [0.717, 1.165) is 34.6 Å². The molecule has 0 fully saturated rings. The fourth-order valence-corrected chi connectivity index (χ4v) is 3.28. The van der Waals surface area contributed by atoms with Gasteiger partial charge in [-0.1, -0.05) is 12.1 Å². The van der Waals surface area contributed by atoms with Crippen molar-refractivity contribution in [3.05, 3.63) is 44.6 Å². The second-order valence-corrected chi connectivity index (χ2v) is 5.90. The lowest BCUT2D eigenvalue weighted by Gasteiger charge is -2.12. The Morgan fingerprint density at radius 2 is 2.05 bits per heavy atom. The molecule has 0 bridgehead atoms. The van der Waals surface area contributed by atoms with Gasteiger partial charge >= 0.3 is 0 Å². The van der Waals surface area contributed by atoms with Crippen LogP contribution in [0.5, 0.6) is 11.5 Å². The van der Waals surface area contributed by atoms with Crippen LogP contribution in [0, 0.1) is 0 Å². The zero-order chi connectivity index (χ0) is 13.7. The molecule has 0 aliphatic rings. The summed E-state index contributed by atoms with van der Waals surface area (Å²) in [4.78, 5) is 1.30. The highest BCUT2D eigenvalue weighted by Gasteiger charge is 2.08. The topological polar surface area (TPSA) is 30.5 Å². The molecule has 0 radical (unpaired) electrons. The van der Waals surface area contributed by atoms with E-state index in [9.17, 15) is 0 Å². The molecule has 3 nitrogen and oxygen atoms in total. The lowest BCUT2D eigenvalue weighted by molar-refractivity contribution is 0.350. The number of methoxy groups -OCH3 is 2. The van der Waals surface area contributed by atoms with E-state index >= 15 is 0 Å². The van der Waals surface area contributed by atoms with Crippen LogP contribution in [-0.2, 0) is 13.1 Å². The monoisotopic (exact) mass is 341 g/mol. The molecule has 1 N–H and O–H groups in total. The second kappa shape index (κ2) is 6.93. The van der Waals surface area contributed by atoms with Gasteiger partial charge in [0.1, 0.15) is 0 Å². The Bertz CT molecular complexity index is 542. The van der Waals surface area contributed by atoms with Gasteiger partial charge in [-0.05, 0) is 28.1 Å². The predicted octanol–water partition coefficient (Wildman–Crippen LogP) is 3.82. The quantitative estimate of drug-likeness (QED) is 0.866. The molecule has 1 heterocycles. The Balaban J connectivity index is 1.99. The summed E-state index contributed by atoms with van der Waals surface area (Å²) >= 11 is 5.19. The van der Waals surface area contributed by atoms with E-state index in [-0.39, 0.29) is 0 Å². The number of benzene rings is 1. The lowest BCUT2D eigenvalue weighted by Crippen LogP contribution is -2.12. The van der Waals surface area contributed by atoms with Gasteiger partial charge in [0, 0.05) is 33.4 Å². The average Bonchev–Trinajstić information content (AvgIpc) is 2.84. The van der Waals surface area contributed by atoms with Crippen molar-refractivity contribution in [2.75, 3.05) is 14.2 Å². The molecule has 0 aliphatic heterocycles. The molecule has 0 saturated heterocycles. The number of thiophene rings is 1. The smallest absolute Gasteiger partial charge is 0.165 e. The van der Waals surface area contributed by atoms with Crippen LogP contribution in [0.15, 0.2) is 34.1 Å². The standard InChI is InChI=1S/C14H16BrNO2S/c1-17-13-5-3-4-10(14(13)18-2)7-16-8-12-6-11(15)9-19-12/h3-6,9,16H,7-8H2,1-2H3. The molecule has 1 aromatic carbocycles. The van der Waals surface area contributed by atoms with Crippen molar-refractivity contribution in [1.29, 1.82) is 0 Å². The van der Waals surface area contributed by atoms with E-state index in [1.807, 2.05) is 18.2 Å². The van der Waals surface area contributed by atoms with Gasteiger partial charge < -0.3 is 14.8 Å². The summed E-state index contributed by atoms with van der Waals surface area (Å²) in [6.45, 7) is 1.59. The summed E-state index contributed by atoms with van der Waals surface area (Å²) < 4.78 is 11.8. The summed E-state index contributed by atoms with van der Waals surface area (Å²) in [5.41, 5.74) is 1.09. The summed E-state index contributed by atoms with van der Waals surface area (Å²) in [6, 6.07) is 8.04. The molecule has 0 aliphatic carbocycles. The first-order chi connectivity index (χ1) is 9.24. The fourth-order valence-electron chi connectivity index (χ4n) is 1.86. The highest BCUT2D eigenvalue weighted by molar-refractivity contribution is 9.10. The van der Waals surface area contributed by atoms with Gasteiger partial charge in [-0.2, -0.15) is 0 Å². The number of para-hydroxylation sites is 1. The summed E-state index contributed by atoms with van der Waals surface area (Å²) in [7, 11) is 3.32. The van der Waals surface area contributed by atoms with E-state index in [0.29, 0.717) is 0 Å². The largest absolute Gasteiger partial charge is 0.493 e. The average molecular weight is 342 g/mol. The van der Waals surface area contributed by atoms with E-state index in [1.54, 1.807) is 25.6 Å². The maximum absolute atomic E-state index is 5.40. The first-order valence-corrected chi connectivity index (χ1v) is 7.55. The van der Waals surface area contributed by atoms with Gasteiger partial charge in [-0.25, -0.2) is 0 Å². The second-order valence-electron chi connectivity index (χ2n) is 3.99. The minimum absolute atomic E-state index is 0.746. The lowest BCUT2D eigenvalue weighted by atomic mass is 10.2. The molecule has 102 valence electrons. The molecule has 2 rings (SSSR count). The van der Waals surface area contributed by atoms with E-state index < -0.39 is 0 Å². The van der Waals surface area contributed by atoms with Crippen molar-refractivity contribution < 1.29 is 9.47 Å². The van der Waals surface area contributed by atoms with Gasteiger partial charge in [0.15, 0.2) is 11.5 Å². The van der Waals surface area contributed by atoms with Crippen LogP contribution in [0.25, 0.3) is 0 Å². The van der Waals surface area contributed by atoms with Crippen molar-refractivity contribution in [1.82, 2.24) is 5.32 Å². The van der Waals surface area contributed by atoms with Crippen molar-refractivity contribution in [2.24, 2.45) is 0 Å². The molecule has 0 saturated carbocycles. The normalized spacial score (nSPS) is 10.5. The number of ether oxygens (including phenoxy) is 2. The Morgan fingerprint density at radius 3 is 2.68 bits per heavy atom. The maximum atomic E-state index is 5.40. The molecule has 5 heteroatoms. The highest BCUT2D eigenvalue weighted by Crippen LogP contribution is 2.30. The Kier molecular flexibility index (Phi) is 5.24. The number of nitrogens with one attached hydrogen (secondary N) is 1. The first kappa shape index (κ1) is 14.4. The predicted molar refractivity (Wildman–Crippen MR) is 82.1 cm³/mol. The minimum atomic E-state index is 0.746. The first-order valence-electron chi connectivity index (χ1n) is 5.88. The molecule has 2 aromatic rings. The third-order valence-corrected chi connectivity index (χ3v) is 4.42. The molecule has 1 aromatic heterocycles. The van der Waals surface area contributed by atoms with Gasteiger partial charge in [0.2, 0.25) is 0 Å². The number of halogens is 1. The number of rotatable bonds is 6. The van der Waals surface area contributed by atoms with E-state index in [2.05, 4.69) is 32.7 Å². The van der Waals surface area contributed by atoms with Gasteiger partial charge in [0.05, 0.1) is 14.2 Å². The van der Waals surface area contributed by atoms with E-state index in [1.165, 1.54) is 4.88 Å². The van der Waals surface area contributed by atoms with Crippen LogP contribution in [0.2, 0.25) is 0 Å². The SMILES string of the molecule is COc1cccc(CNCc2cc(Br)cs2)c1OC. The summed E-state index contributed by atoms with van der Waals surface area (Å²) in [5.74, 6) is 1.56. The van der Waals surface area contributed by atoms with Gasteiger partial charge in [-0.3, -0.25) is 0 Å². The fraction of sp³-hybridized carbons (Fsp3) is 0.286. The van der Waals surface area contributed by atoms with Crippen molar-refractivity contribution in [3.63, 3.8) is 0 Å². The summed E-state index contributed by atoms with van der Waals surface area (Å²) in [5, 5.41) is 5.50. The number of hydrogen-bond acceptors (Lipinski definition) is 4. The van der Waals surface area contributed by atoms with Crippen molar-refractivity contribution in [3.8, 4) is 11.5 Å². The molecule has 0 atom stereocenters. The van der Waals surface area contributed by atoms with Gasteiger partial charge in [-0.15, -0.1) is 11.3 Å². The van der Waals surface area contributed by atoms with Crippen LogP contribution in [0.1, 0.15) is 10.4 Å². The zero-order valence-electron chi connectivity index (χ0n) is 10.9. The Hall–Kier alpha value is -1.04. The van der Waals surface area contributed by atoms with Crippen LogP contribution >= 0.6 is 27.3 Å². The van der Waals surface area contributed by atoms with Crippen molar-refractivity contribution >= 4 is 27.3 Å². The minimum Gasteiger partial charge on any atom is -0.493 e. The summed E-state index contributed by atoms with van der Waals surface area (Å²) in [6.07, 6.45) is 0. The van der Waals surface area contributed by atoms with Crippen molar-refractivity contribution in [2.45, 2.75) is 13.1 Å². The molecule has 19 heavy (non-hydrogen) atoms. The van der Waals surface area contributed by atoms with Crippen LogP contribution < -0.4 is 14.8 Å². The van der Waals surface area contributed by atoms with Gasteiger partial charge in [0.25, 0.3) is 0 Å². The third-order valence-electron chi connectivity index (χ3n) is 2.72. The number of hydrogen-bond donors (Lipinski definition) is 1. The maximum Gasteiger partial charge on any atom is 0.165 e. The van der Waals surface area contributed by atoms with Crippen LogP contribution in [-0.4, -0.2) is 14.2 Å². The molecule has 0 spiro atoms. The molecular weight excluding hydrogens is 326 g/mol. The molecule has 0 amide bonds. The van der Waals surface area contributed by atoms with Crippen LogP contribution in [0.3, 0.4) is 0 Å². The zero-order valence-corrected chi connectivity index (χ0v) is 13.3. The Labute approximate surface area is 125 Å². The third kappa shape index (κ3) is 3.72. The molecular formula is C14H16BrNO2S. The molecule has 0 unspecified atom stereocenters. The van der Waals surface area contributed by atoms with E-state index in [4.69, 9.17) is 9.47 Å². The van der Waals surface area contributed by atoms with Crippen LogP contribution in [0.4, 0.5) is 0 Å². The highest BCUT2D eigenvalue weighted by atomic mass is 79.9.